The number of carbonyl (C=O) groups is 2. The fourth-order valence-corrected chi connectivity index (χ4v) is 3.62. The first-order valence-corrected chi connectivity index (χ1v) is 8.96. The second kappa shape index (κ2) is 7.76. The molecule has 2 aromatic rings. The van der Waals surface area contributed by atoms with Gasteiger partial charge >= 0.3 is 5.97 Å². The Morgan fingerprint density at radius 1 is 1.32 bits per heavy atom. The number of para-hydroxylation sites is 1. The minimum Gasteiger partial charge on any atom is -0.452 e. The molecule has 0 bridgehead atoms. The molecule has 6 nitrogen and oxygen atoms in total. The summed E-state index contributed by atoms with van der Waals surface area (Å²) in [5.41, 5.74) is 0.895. The Hall–Kier alpha value is -2.25. The molecule has 1 aromatic heterocycles. The van der Waals surface area contributed by atoms with E-state index in [0.717, 1.165) is 15.2 Å². The topological polar surface area (TPSA) is 68.7 Å². The Bertz CT molecular complexity index is 758. The normalized spacial score (nSPS) is 21.0. The molecule has 1 aliphatic heterocycles. The first kappa shape index (κ1) is 17.6. The first-order valence-electron chi connectivity index (χ1n) is 8.15. The van der Waals surface area contributed by atoms with Crippen LogP contribution in [0.3, 0.4) is 0 Å². The quantitative estimate of drug-likeness (QED) is 0.619. The fraction of sp³-hybridized carbons (Fsp3) is 0.389. The van der Waals surface area contributed by atoms with Gasteiger partial charge in [0.1, 0.15) is 5.01 Å². The van der Waals surface area contributed by atoms with Crippen molar-refractivity contribution in [3.63, 3.8) is 0 Å². The molecule has 0 unspecified atom stereocenters. The van der Waals surface area contributed by atoms with Crippen LogP contribution in [0.2, 0.25) is 0 Å². The Balaban J connectivity index is 1.51. The molecule has 0 N–H and O–H groups in total. The predicted octanol–water partition coefficient (Wildman–Crippen LogP) is 2.49. The van der Waals surface area contributed by atoms with E-state index in [-0.39, 0.29) is 24.7 Å². The van der Waals surface area contributed by atoms with Gasteiger partial charge in [-0.2, -0.15) is 0 Å². The van der Waals surface area contributed by atoms with Crippen molar-refractivity contribution in [2.45, 2.75) is 26.1 Å². The maximum absolute atomic E-state index is 12.1. The Kier molecular flexibility index (Phi) is 5.45. The standard InChI is InChI=1S/C18H20N2O4S/c1-12-9-20(10-13(2)24-12)17(21)11-23-18(22)8-7-16-19-14-5-3-4-6-15(14)25-16/h3-8,12-13H,9-11H2,1-2H3/b8-7+/t12-,13-/m0/s1. The highest BCUT2D eigenvalue weighted by Crippen LogP contribution is 2.22. The minimum absolute atomic E-state index is 0.0117. The van der Waals surface area contributed by atoms with Crippen molar-refractivity contribution in [3.05, 3.63) is 35.3 Å². The second-order valence-electron chi connectivity index (χ2n) is 6.02. The summed E-state index contributed by atoms with van der Waals surface area (Å²) in [6, 6.07) is 7.76. The summed E-state index contributed by atoms with van der Waals surface area (Å²) in [4.78, 5) is 30.0. The van der Waals surface area contributed by atoms with Crippen molar-refractivity contribution in [3.8, 4) is 0 Å². The third-order valence-electron chi connectivity index (χ3n) is 3.78. The molecule has 7 heteroatoms. The number of fused-ring (bicyclic) bond motifs is 1. The molecule has 25 heavy (non-hydrogen) atoms. The maximum Gasteiger partial charge on any atom is 0.331 e. The molecule has 0 aliphatic carbocycles. The number of carbonyl (C=O) groups excluding carboxylic acids is 2. The van der Waals surface area contributed by atoms with Crippen LogP contribution < -0.4 is 0 Å². The lowest BCUT2D eigenvalue weighted by Gasteiger charge is -2.35. The number of nitrogens with zero attached hydrogens (tertiary/aromatic N) is 2. The summed E-state index contributed by atoms with van der Waals surface area (Å²) in [6.45, 7) is 4.61. The molecule has 0 spiro atoms. The van der Waals surface area contributed by atoms with Gasteiger partial charge in [-0.1, -0.05) is 12.1 Å². The van der Waals surface area contributed by atoms with Crippen LogP contribution in [0.5, 0.6) is 0 Å². The van der Waals surface area contributed by atoms with Crippen LogP contribution >= 0.6 is 11.3 Å². The van der Waals surface area contributed by atoms with Crippen molar-refractivity contribution in [2.24, 2.45) is 0 Å². The molecule has 132 valence electrons. The third-order valence-corrected chi connectivity index (χ3v) is 4.78. The van der Waals surface area contributed by atoms with Crippen LogP contribution in [-0.2, 0) is 19.1 Å². The average molecular weight is 360 g/mol. The van der Waals surface area contributed by atoms with E-state index < -0.39 is 5.97 Å². The first-order chi connectivity index (χ1) is 12.0. The lowest BCUT2D eigenvalue weighted by molar-refractivity contribution is -0.154. The number of hydrogen-bond donors (Lipinski definition) is 0. The van der Waals surface area contributed by atoms with Gasteiger partial charge in [0.2, 0.25) is 0 Å². The summed E-state index contributed by atoms with van der Waals surface area (Å²) in [6.07, 6.45) is 2.89. The molecule has 1 amide bonds. The third kappa shape index (κ3) is 4.64. The van der Waals surface area contributed by atoms with Crippen LogP contribution in [0.4, 0.5) is 0 Å². The number of hydrogen-bond acceptors (Lipinski definition) is 6. The van der Waals surface area contributed by atoms with Gasteiger partial charge in [0.25, 0.3) is 5.91 Å². The molecule has 2 heterocycles. The molecule has 1 aliphatic rings. The summed E-state index contributed by atoms with van der Waals surface area (Å²) in [5.74, 6) is -0.759. The van der Waals surface area contributed by atoms with Gasteiger partial charge in [-0.15, -0.1) is 11.3 Å². The molecular formula is C18H20N2O4S. The van der Waals surface area contributed by atoms with Gasteiger partial charge in [0.05, 0.1) is 22.4 Å². The number of ether oxygens (including phenoxy) is 2. The Morgan fingerprint density at radius 3 is 2.76 bits per heavy atom. The van der Waals surface area contributed by atoms with Crippen molar-refractivity contribution >= 4 is 39.5 Å². The molecule has 0 radical (unpaired) electrons. The van der Waals surface area contributed by atoms with Gasteiger partial charge in [-0.3, -0.25) is 4.79 Å². The number of amides is 1. The van der Waals surface area contributed by atoms with Crippen LogP contribution in [0.25, 0.3) is 16.3 Å². The van der Waals surface area contributed by atoms with Gasteiger partial charge < -0.3 is 14.4 Å². The van der Waals surface area contributed by atoms with Crippen LogP contribution in [0.15, 0.2) is 30.3 Å². The summed E-state index contributed by atoms with van der Waals surface area (Å²) in [5, 5.41) is 0.723. The highest BCUT2D eigenvalue weighted by Gasteiger charge is 2.26. The largest absolute Gasteiger partial charge is 0.452 e. The number of morpholine rings is 1. The van der Waals surface area contributed by atoms with E-state index in [4.69, 9.17) is 9.47 Å². The molecule has 1 aromatic carbocycles. The summed E-state index contributed by atoms with van der Waals surface area (Å²) >= 11 is 1.49. The molecule has 3 rings (SSSR count). The highest BCUT2D eigenvalue weighted by molar-refractivity contribution is 7.19. The fourth-order valence-electron chi connectivity index (χ4n) is 2.75. The number of rotatable bonds is 4. The SMILES string of the molecule is C[C@H]1CN(C(=O)COC(=O)/C=C/c2nc3ccccc3s2)C[C@H](C)O1. The van der Waals surface area contributed by atoms with Crippen LogP contribution in [0.1, 0.15) is 18.9 Å². The highest BCUT2D eigenvalue weighted by atomic mass is 32.1. The smallest absolute Gasteiger partial charge is 0.331 e. The van der Waals surface area contributed by atoms with E-state index in [0.29, 0.717) is 13.1 Å². The van der Waals surface area contributed by atoms with Crippen molar-refractivity contribution in [2.75, 3.05) is 19.7 Å². The average Bonchev–Trinajstić information content (AvgIpc) is 3.00. The van der Waals surface area contributed by atoms with Crippen molar-refractivity contribution < 1.29 is 19.1 Å². The number of aromatic nitrogens is 1. The molecule has 2 atom stereocenters. The van der Waals surface area contributed by atoms with Gasteiger partial charge in [0, 0.05) is 19.2 Å². The number of thiazole rings is 1. The van der Waals surface area contributed by atoms with Crippen LogP contribution in [-0.4, -0.2) is 53.7 Å². The van der Waals surface area contributed by atoms with Crippen LogP contribution in [0, 0.1) is 0 Å². The lowest BCUT2D eigenvalue weighted by Crippen LogP contribution is -2.49. The lowest BCUT2D eigenvalue weighted by atomic mass is 10.2. The Labute approximate surface area is 150 Å². The second-order valence-corrected chi connectivity index (χ2v) is 7.08. The van der Waals surface area contributed by atoms with E-state index in [9.17, 15) is 9.59 Å². The molecule has 1 saturated heterocycles. The Morgan fingerprint density at radius 2 is 2.04 bits per heavy atom. The zero-order chi connectivity index (χ0) is 17.8. The molecule has 0 saturated carbocycles. The summed E-state index contributed by atoms with van der Waals surface area (Å²) in [7, 11) is 0. The van der Waals surface area contributed by atoms with Crippen molar-refractivity contribution in [1.82, 2.24) is 9.88 Å². The monoisotopic (exact) mass is 360 g/mol. The van der Waals surface area contributed by atoms with Gasteiger partial charge in [-0.25, -0.2) is 9.78 Å². The predicted molar refractivity (Wildman–Crippen MR) is 96.2 cm³/mol. The minimum atomic E-state index is -0.554. The van der Waals surface area contributed by atoms with Crippen molar-refractivity contribution in [1.29, 1.82) is 0 Å². The molecular weight excluding hydrogens is 340 g/mol. The van der Waals surface area contributed by atoms with E-state index in [1.807, 2.05) is 38.1 Å². The zero-order valence-electron chi connectivity index (χ0n) is 14.2. The molecule has 1 fully saturated rings. The maximum atomic E-state index is 12.1. The number of benzene rings is 1. The van der Waals surface area contributed by atoms with E-state index >= 15 is 0 Å². The number of esters is 1. The van der Waals surface area contributed by atoms with Gasteiger partial charge in [0.15, 0.2) is 6.61 Å². The van der Waals surface area contributed by atoms with E-state index in [1.54, 1.807) is 11.0 Å². The van der Waals surface area contributed by atoms with Gasteiger partial charge in [-0.05, 0) is 32.1 Å². The summed E-state index contributed by atoms with van der Waals surface area (Å²) < 4.78 is 11.7. The zero-order valence-corrected chi connectivity index (χ0v) is 15.0. The van der Waals surface area contributed by atoms with E-state index in [1.165, 1.54) is 17.4 Å². The van der Waals surface area contributed by atoms with E-state index in [2.05, 4.69) is 4.98 Å².